The molecule has 0 bridgehead atoms. The Kier molecular flexibility index (Phi) is 4.67. The van der Waals surface area contributed by atoms with Crippen molar-refractivity contribution in [1.82, 2.24) is 9.55 Å². The van der Waals surface area contributed by atoms with Gasteiger partial charge in [-0.25, -0.2) is 4.98 Å². The predicted octanol–water partition coefficient (Wildman–Crippen LogP) is 4.06. The van der Waals surface area contributed by atoms with E-state index < -0.39 is 10.8 Å². The normalized spacial score (nSPS) is 15.0. The third-order valence-corrected chi connectivity index (χ3v) is 5.19. The fourth-order valence-electron chi connectivity index (χ4n) is 2.57. The number of allylic oxidation sites excluding steroid dienone is 1. The zero-order valence-electron chi connectivity index (χ0n) is 13.3. The molecular formula is C17H24N2OS. The monoisotopic (exact) mass is 304 g/mol. The lowest BCUT2D eigenvalue weighted by Crippen LogP contribution is -2.23. The summed E-state index contributed by atoms with van der Waals surface area (Å²) in [5, 5.41) is 0.713. The molecule has 0 aliphatic rings. The van der Waals surface area contributed by atoms with E-state index in [1.54, 1.807) is 0 Å². The molecule has 0 spiro atoms. The minimum Gasteiger partial charge on any atom is -0.320 e. The summed E-state index contributed by atoms with van der Waals surface area (Å²) in [7, 11) is 0.804. The number of imidazole rings is 1. The van der Waals surface area contributed by atoms with Crippen molar-refractivity contribution in [3.63, 3.8) is 0 Å². The molecule has 114 valence electrons. The molecule has 1 aromatic heterocycles. The number of aryl methyl sites for hydroxylation is 1. The van der Waals surface area contributed by atoms with Gasteiger partial charge in [0.25, 0.3) is 0 Å². The van der Waals surface area contributed by atoms with Crippen LogP contribution in [-0.2, 0) is 17.8 Å². The molecule has 2 rings (SSSR count). The van der Waals surface area contributed by atoms with Crippen molar-refractivity contribution in [3.05, 3.63) is 36.9 Å². The Balaban J connectivity index is 2.38. The van der Waals surface area contributed by atoms with E-state index in [1.807, 2.05) is 42.0 Å². The van der Waals surface area contributed by atoms with Crippen LogP contribution in [-0.4, -0.2) is 19.0 Å². The summed E-state index contributed by atoms with van der Waals surface area (Å²) in [6.07, 6.45) is 3.49. The Morgan fingerprint density at radius 2 is 2.05 bits per heavy atom. The van der Waals surface area contributed by atoms with Crippen molar-refractivity contribution in [1.29, 1.82) is 0 Å². The maximum Gasteiger partial charge on any atom is 0.200 e. The minimum absolute atomic E-state index is 0.0537. The molecule has 21 heavy (non-hydrogen) atoms. The number of aromatic nitrogens is 2. The zero-order chi connectivity index (χ0) is 15.6. The summed E-state index contributed by atoms with van der Waals surface area (Å²) in [4.78, 5) is 4.57. The predicted molar refractivity (Wildman–Crippen MR) is 89.8 cm³/mol. The lowest BCUT2D eigenvalue weighted by atomic mass is 9.89. The minimum atomic E-state index is -1.13. The molecule has 0 saturated carbocycles. The topological polar surface area (TPSA) is 34.9 Å². The first kappa shape index (κ1) is 16.0. The van der Waals surface area contributed by atoms with Crippen LogP contribution in [0.3, 0.4) is 0 Å². The molecule has 0 N–H and O–H groups in total. The van der Waals surface area contributed by atoms with E-state index in [-0.39, 0.29) is 10.7 Å². The van der Waals surface area contributed by atoms with E-state index in [1.165, 1.54) is 0 Å². The standard InChI is InChI=1S/C17H24N2OS/c1-6-9-13(12-17(2,3)4)21(20)16-18-14-10-7-8-11-15(14)19(16)5/h6-8,10-11,13H,1,9,12H2,2-5H3/t13-,21+/m0/s1. The third-order valence-electron chi connectivity index (χ3n) is 3.50. The lowest BCUT2D eigenvalue weighted by molar-refractivity contribution is 0.369. The fourth-order valence-corrected chi connectivity index (χ4v) is 4.38. The first-order chi connectivity index (χ1) is 9.83. The molecule has 2 aromatic rings. The molecule has 2 atom stereocenters. The van der Waals surface area contributed by atoms with Gasteiger partial charge in [0, 0.05) is 12.3 Å². The zero-order valence-corrected chi connectivity index (χ0v) is 14.1. The highest BCUT2D eigenvalue weighted by Gasteiger charge is 2.26. The fraction of sp³-hybridized carbons (Fsp3) is 0.471. The summed E-state index contributed by atoms with van der Waals surface area (Å²) in [5.41, 5.74) is 2.05. The molecule has 0 fully saturated rings. The van der Waals surface area contributed by atoms with Crippen molar-refractivity contribution in [3.8, 4) is 0 Å². The molecule has 1 aromatic carbocycles. The molecule has 1 heterocycles. The number of nitrogens with zero attached hydrogens (tertiary/aromatic N) is 2. The second kappa shape index (κ2) is 6.14. The van der Waals surface area contributed by atoms with Crippen LogP contribution in [0, 0.1) is 5.41 Å². The largest absolute Gasteiger partial charge is 0.320 e. The van der Waals surface area contributed by atoms with Gasteiger partial charge in [0.2, 0.25) is 0 Å². The first-order valence-corrected chi connectivity index (χ1v) is 8.48. The van der Waals surface area contributed by atoms with Crippen LogP contribution in [0.2, 0.25) is 0 Å². The Bertz CT molecular complexity index is 667. The van der Waals surface area contributed by atoms with Crippen LogP contribution in [0.25, 0.3) is 11.0 Å². The summed E-state index contributed by atoms with van der Waals surface area (Å²) < 4.78 is 14.9. The Labute approximate surface area is 129 Å². The summed E-state index contributed by atoms with van der Waals surface area (Å²) in [6.45, 7) is 10.3. The second-order valence-corrected chi connectivity index (χ2v) is 8.28. The van der Waals surface area contributed by atoms with Crippen LogP contribution in [0.5, 0.6) is 0 Å². The van der Waals surface area contributed by atoms with Gasteiger partial charge in [-0.05, 0) is 30.4 Å². The molecule has 0 unspecified atom stereocenters. The Morgan fingerprint density at radius 3 is 2.62 bits per heavy atom. The summed E-state index contributed by atoms with van der Waals surface area (Å²) in [6, 6.07) is 7.91. The number of benzene rings is 1. The third kappa shape index (κ3) is 3.62. The van der Waals surface area contributed by atoms with Crippen LogP contribution >= 0.6 is 0 Å². The number of rotatable bonds is 5. The highest BCUT2D eigenvalue weighted by atomic mass is 32.2. The summed E-state index contributed by atoms with van der Waals surface area (Å²) >= 11 is 0. The average Bonchev–Trinajstić information content (AvgIpc) is 2.74. The summed E-state index contributed by atoms with van der Waals surface area (Å²) in [5.74, 6) is 0. The number of hydrogen-bond acceptors (Lipinski definition) is 2. The van der Waals surface area contributed by atoms with Gasteiger partial charge in [-0.2, -0.15) is 0 Å². The van der Waals surface area contributed by atoms with Crippen molar-refractivity contribution < 1.29 is 4.21 Å². The smallest absolute Gasteiger partial charge is 0.200 e. The van der Waals surface area contributed by atoms with Crippen LogP contribution < -0.4 is 0 Å². The van der Waals surface area contributed by atoms with Gasteiger partial charge in [0.15, 0.2) is 5.16 Å². The van der Waals surface area contributed by atoms with E-state index in [4.69, 9.17) is 0 Å². The van der Waals surface area contributed by atoms with Crippen molar-refractivity contribution >= 4 is 21.8 Å². The van der Waals surface area contributed by atoms with Gasteiger partial charge >= 0.3 is 0 Å². The van der Waals surface area contributed by atoms with Gasteiger partial charge in [0.1, 0.15) is 0 Å². The van der Waals surface area contributed by atoms with E-state index in [0.29, 0.717) is 5.16 Å². The first-order valence-electron chi connectivity index (χ1n) is 7.26. The molecule has 4 heteroatoms. The molecule has 0 aliphatic carbocycles. The van der Waals surface area contributed by atoms with Crippen LogP contribution in [0.1, 0.15) is 33.6 Å². The average molecular weight is 304 g/mol. The van der Waals surface area contributed by atoms with E-state index >= 15 is 0 Å². The lowest BCUT2D eigenvalue weighted by Gasteiger charge is -2.24. The maximum absolute atomic E-state index is 13.0. The molecule has 0 radical (unpaired) electrons. The number of para-hydroxylation sites is 2. The number of fused-ring (bicyclic) bond motifs is 1. The van der Waals surface area contributed by atoms with Crippen LogP contribution in [0.15, 0.2) is 42.1 Å². The van der Waals surface area contributed by atoms with Gasteiger partial charge in [-0.1, -0.05) is 39.0 Å². The Morgan fingerprint density at radius 1 is 1.38 bits per heavy atom. The van der Waals surface area contributed by atoms with E-state index in [0.717, 1.165) is 23.9 Å². The van der Waals surface area contributed by atoms with Crippen molar-refractivity contribution in [2.24, 2.45) is 12.5 Å². The SMILES string of the molecule is C=CC[C@@H](CC(C)(C)C)[S@@](=O)c1nc2ccccc2n1C. The molecule has 0 aliphatic heterocycles. The molecule has 0 saturated heterocycles. The van der Waals surface area contributed by atoms with Crippen molar-refractivity contribution in [2.45, 2.75) is 44.0 Å². The van der Waals surface area contributed by atoms with Gasteiger partial charge in [-0.3, -0.25) is 4.21 Å². The van der Waals surface area contributed by atoms with Gasteiger partial charge in [-0.15, -0.1) is 6.58 Å². The maximum atomic E-state index is 13.0. The van der Waals surface area contributed by atoms with E-state index in [9.17, 15) is 4.21 Å². The van der Waals surface area contributed by atoms with Crippen molar-refractivity contribution in [2.75, 3.05) is 0 Å². The number of hydrogen-bond donors (Lipinski definition) is 0. The highest BCUT2D eigenvalue weighted by Crippen LogP contribution is 2.28. The molecule has 0 amide bonds. The second-order valence-electron chi connectivity index (χ2n) is 6.65. The molecule has 3 nitrogen and oxygen atoms in total. The van der Waals surface area contributed by atoms with Gasteiger partial charge in [0.05, 0.1) is 21.8 Å². The Hall–Kier alpha value is -1.42. The quantitative estimate of drug-likeness (QED) is 0.781. The van der Waals surface area contributed by atoms with Crippen LogP contribution in [0.4, 0.5) is 0 Å². The van der Waals surface area contributed by atoms with Gasteiger partial charge < -0.3 is 4.57 Å². The highest BCUT2D eigenvalue weighted by molar-refractivity contribution is 7.85. The molecular weight excluding hydrogens is 280 g/mol. The van der Waals surface area contributed by atoms with E-state index in [2.05, 4.69) is 32.3 Å².